The minimum absolute atomic E-state index is 0.154. The first kappa shape index (κ1) is 15.3. The summed E-state index contributed by atoms with van der Waals surface area (Å²) >= 11 is 11.7. The van der Waals surface area contributed by atoms with Gasteiger partial charge in [-0.05, 0) is 18.2 Å². The lowest BCUT2D eigenvalue weighted by atomic mass is 10.2. The zero-order valence-corrected chi connectivity index (χ0v) is 12.1. The quantitative estimate of drug-likeness (QED) is 0.870. The highest BCUT2D eigenvalue weighted by atomic mass is 35.5. The Morgan fingerprint density at radius 1 is 1.33 bits per heavy atom. The smallest absolute Gasteiger partial charge is 0.358 e. The molecule has 7 nitrogen and oxygen atoms in total. The summed E-state index contributed by atoms with van der Waals surface area (Å²) < 4.78 is 1.32. The first-order valence-electron chi connectivity index (χ1n) is 5.84. The molecule has 1 aromatic carbocycles. The van der Waals surface area contributed by atoms with Gasteiger partial charge in [-0.3, -0.25) is 4.79 Å². The average molecular weight is 329 g/mol. The molecule has 1 aromatic heterocycles. The average Bonchev–Trinajstić information content (AvgIpc) is 2.90. The second-order valence-electron chi connectivity index (χ2n) is 4.05. The first-order valence-corrected chi connectivity index (χ1v) is 6.59. The van der Waals surface area contributed by atoms with Gasteiger partial charge in [-0.25, -0.2) is 9.48 Å². The van der Waals surface area contributed by atoms with Crippen molar-refractivity contribution in [2.75, 3.05) is 6.54 Å². The fraction of sp³-hybridized carbons (Fsp3) is 0.167. The Labute approximate surface area is 129 Å². The molecule has 0 aliphatic carbocycles. The van der Waals surface area contributed by atoms with E-state index in [1.54, 1.807) is 6.07 Å². The number of benzene rings is 1. The van der Waals surface area contributed by atoms with Gasteiger partial charge in [0, 0.05) is 11.6 Å². The van der Waals surface area contributed by atoms with Crippen LogP contribution in [0.3, 0.4) is 0 Å². The minimum Gasteiger partial charge on any atom is -0.476 e. The van der Waals surface area contributed by atoms with Crippen LogP contribution in [-0.4, -0.2) is 38.5 Å². The Morgan fingerprint density at radius 2 is 2.10 bits per heavy atom. The molecule has 0 unspecified atom stereocenters. The van der Waals surface area contributed by atoms with Gasteiger partial charge in [0.05, 0.1) is 23.3 Å². The van der Waals surface area contributed by atoms with Gasteiger partial charge >= 0.3 is 5.97 Å². The number of aromatic carboxylic acids is 1. The number of halogens is 2. The number of nitrogens with zero attached hydrogens (tertiary/aromatic N) is 3. The lowest BCUT2D eigenvalue weighted by Crippen LogP contribution is -2.27. The van der Waals surface area contributed by atoms with Gasteiger partial charge in [-0.2, -0.15) is 0 Å². The monoisotopic (exact) mass is 328 g/mol. The number of carbonyl (C=O) groups excluding carboxylic acids is 1. The Kier molecular flexibility index (Phi) is 4.77. The number of hydrogen-bond donors (Lipinski definition) is 2. The Hall–Kier alpha value is -2.12. The van der Waals surface area contributed by atoms with Crippen molar-refractivity contribution in [1.82, 2.24) is 20.3 Å². The number of carbonyl (C=O) groups is 2. The van der Waals surface area contributed by atoms with E-state index in [9.17, 15) is 9.59 Å². The number of amides is 1. The molecule has 2 rings (SSSR count). The van der Waals surface area contributed by atoms with E-state index in [4.69, 9.17) is 28.3 Å². The van der Waals surface area contributed by atoms with Crippen LogP contribution in [0.15, 0.2) is 24.4 Å². The lowest BCUT2D eigenvalue weighted by molar-refractivity contribution is 0.0690. The van der Waals surface area contributed by atoms with Gasteiger partial charge < -0.3 is 10.4 Å². The Bertz CT molecular complexity index is 687. The summed E-state index contributed by atoms with van der Waals surface area (Å²) in [5, 5.41) is 19.1. The first-order chi connectivity index (χ1) is 9.97. The number of hydrogen-bond acceptors (Lipinski definition) is 4. The molecule has 1 heterocycles. The van der Waals surface area contributed by atoms with Crippen LogP contribution in [0.1, 0.15) is 20.8 Å². The summed E-state index contributed by atoms with van der Waals surface area (Å²) in [7, 11) is 0. The highest BCUT2D eigenvalue weighted by Gasteiger charge is 2.11. The maximum atomic E-state index is 11.9. The SMILES string of the molecule is O=C(O)c1cn(CCNC(=O)c2cc(Cl)ccc2Cl)nn1. The minimum atomic E-state index is -1.16. The number of carboxylic acids is 1. The van der Waals surface area contributed by atoms with Gasteiger partial charge in [-0.1, -0.05) is 28.4 Å². The molecule has 0 radical (unpaired) electrons. The van der Waals surface area contributed by atoms with Gasteiger partial charge in [-0.15, -0.1) is 5.10 Å². The number of nitrogens with one attached hydrogen (secondary N) is 1. The molecule has 0 aliphatic heterocycles. The maximum Gasteiger partial charge on any atom is 0.358 e. The highest BCUT2D eigenvalue weighted by molar-refractivity contribution is 6.35. The number of rotatable bonds is 5. The van der Waals surface area contributed by atoms with Gasteiger partial charge in [0.1, 0.15) is 0 Å². The lowest BCUT2D eigenvalue weighted by Gasteiger charge is -2.07. The van der Waals surface area contributed by atoms with Crippen molar-refractivity contribution >= 4 is 35.1 Å². The molecule has 0 saturated heterocycles. The van der Waals surface area contributed by atoms with E-state index < -0.39 is 5.97 Å². The van der Waals surface area contributed by atoms with Crippen molar-refractivity contribution < 1.29 is 14.7 Å². The Balaban J connectivity index is 1.92. The van der Waals surface area contributed by atoms with Crippen LogP contribution in [0, 0.1) is 0 Å². The van der Waals surface area contributed by atoms with Crippen LogP contribution in [0.2, 0.25) is 10.0 Å². The standard InChI is InChI=1S/C12H10Cl2N4O3/c13-7-1-2-9(14)8(5-7)11(19)15-3-4-18-6-10(12(20)21)16-17-18/h1-2,5-6H,3-4H2,(H,15,19)(H,20,21). The van der Waals surface area contributed by atoms with E-state index in [1.165, 1.54) is 23.0 Å². The summed E-state index contributed by atoms with van der Waals surface area (Å²) in [6.45, 7) is 0.522. The molecular weight excluding hydrogens is 319 g/mol. The molecule has 21 heavy (non-hydrogen) atoms. The van der Waals surface area contributed by atoms with Crippen molar-refractivity contribution in [3.8, 4) is 0 Å². The van der Waals surface area contributed by atoms with Crippen molar-refractivity contribution in [2.24, 2.45) is 0 Å². The van der Waals surface area contributed by atoms with Crippen molar-refractivity contribution in [1.29, 1.82) is 0 Å². The second kappa shape index (κ2) is 6.55. The summed E-state index contributed by atoms with van der Waals surface area (Å²) in [4.78, 5) is 22.6. The van der Waals surface area contributed by atoms with Crippen LogP contribution in [0.25, 0.3) is 0 Å². The normalized spacial score (nSPS) is 10.4. The maximum absolute atomic E-state index is 11.9. The number of aromatic nitrogens is 3. The summed E-state index contributed by atoms with van der Waals surface area (Å²) in [6.07, 6.45) is 1.28. The predicted molar refractivity (Wildman–Crippen MR) is 75.8 cm³/mol. The molecule has 1 amide bonds. The molecule has 0 spiro atoms. The zero-order chi connectivity index (χ0) is 15.4. The molecule has 0 bridgehead atoms. The molecular formula is C12H10Cl2N4O3. The van der Waals surface area contributed by atoms with Crippen LogP contribution in [0.5, 0.6) is 0 Å². The van der Waals surface area contributed by atoms with E-state index >= 15 is 0 Å². The van der Waals surface area contributed by atoms with Crippen LogP contribution >= 0.6 is 23.2 Å². The van der Waals surface area contributed by atoms with Crippen molar-refractivity contribution in [2.45, 2.75) is 6.54 Å². The van der Waals surface area contributed by atoms with Crippen LogP contribution in [-0.2, 0) is 6.54 Å². The molecule has 0 aliphatic rings. The topological polar surface area (TPSA) is 97.1 Å². The molecule has 2 N–H and O–H groups in total. The summed E-state index contributed by atoms with van der Waals surface area (Å²) in [6, 6.07) is 4.59. The third kappa shape index (κ3) is 3.93. The van der Waals surface area contributed by atoms with E-state index in [0.29, 0.717) is 10.0 Å². The van der Waals surface area contributed by atoms with Gasteiger partial charge in [0.2, 0.25) is 0 Å². The Morgan fingerprint density at radius 3 is 2.76 bits per heavy atom. The van der Waals surface area contributed by atoms with Crippen LogP contribution < -0.4 is 5.32 Å². The third-order valence-electron chi connectivity index (χ3n) is 2.56. The fourth-order valence-corrected chi connectivity index (χ4v) is 1.93. The molecule has 9 heteroatoms. The largest absolute Gasteiger partial charge is 0.476 e. The molecule has 2 aromatic rings. The molecule has 0 fully saturated rings. The molecule has 0 saturated carbocycles. The third-order valence-corrected chi connectivity index (χ3v) is 3.12. The van der Waals surface area contributed by atoms with Crippen LogP contribution in [0.4, 0.5) is 0 Å². The van der Waals surface area contributed by atoms with Gasteiger partial charge in [0.15, 0.2) is 5.69 Å². The van der Waals surface area contributed by atoms with Crippen molar-refractivity contribution in [3.63, 3.8) is 0 Å². The van der Waals surface area contributed by atoms with E-state index in [-0.39, 0.29) is 30.3 Å². The van der Waals surface area contributed by atoms with Crippen molar-refractivity contribution in [3.05, 3.63) is 45.7 Å². The van der Waals surface area contributed by atoms with E-state index in [2.05, 4.69) is 15.6 Å². The predicted octanol–water partition coefficient (Wildman–Crippen LogP) is 1.71. The zero-order valence-electron chi connectivity index (χ0n) is 10.6. The number of carboxylic acid groups (broad SMARTS) is 1. The highest BCUT2D eigenvalue weighted by Crippen LogP contribution is 2.20. The summed E-state index contributed by atoms with van der Waals surface area (Å²) in [5.41, 5.74) is 0.119. The summed E-state index contributed by atoms with van der Waals surface area (Å²) in [5.74, 6) is -1.53. The molecule has 0 atom stereocenters. The second-order valence-corrected chi connectivity index (χ2v) is 4.90. The fourth-order valence-electron chi connectivity index (χ4n) is 1.56. The molecule has 110 valence electrons. The van der Waals surface area contributed by atoms with E-state index in [0.717, 1.165) is 0 Å². The van der Waals surface area contributed by atoms with Gasteiger partial charge in [0.25, 0.3) is 5.91 Å². The van der Waals surface area contributed by atoms with E-state index in [1.807, 2.05) is 0 Å².